The SMILES string of the molecule is CNS(=O)(=O)c1ccc2c(c1)N(C(=O)C1CCCOC1C)CC2. The third-order valence-electron chi connectivity index (χ3n) is 4.72. The molecule has 1 N–H and O–H groups in total. The van der Waals surface area contributed by atoms with Crippen molar-refractivity contribution in [2.24, 2.45) is 5.92 Å². The molecular weight excluding hydrogens is 316 g/mol. The summed E-state index contributed by atoms with van der Waals surface area (Å²) < 4.78 is 31.9. The van der Waals surface area contributed by atoms with E-state index in [1.165, 1.54) is 7.05 Å². The maximum absolute atomic E-state index is 12.9. The Hall–Kier alpha value is -1.44. The predicted molar refractivity (Wildman–Crippen MR) is 86.9 cm³/mol. The van der Waals surface area contributed by atoms with Crippen molar-refractivity contribution in [3.05, 3.63) is 23.8 Å². The number of fused-ring (bicyclic) bond motifs is 1. The molecule has 23 heavy (non-hydrogen) atoms. The van der Waals surface area contributed by atoms with Gasteiger partial charge in [-0.25, -0.2) is 13.1 Å². The molecule has 6 nitrogen and oxygen atoms in total. The standard InChI is InChI=1S/C16H22N2O4S/c1-11-14(4-3-9-22-11)16(19)18-8-7-12-5-6-13(10-15(12)18)23(20,21)17-2/h5-6,10-11,14,17H,3-4,7-9H2,1-2H3. The topological polar surface area (TPSA) is 75.7 Å². The number of ether oxygens (including phenoxy) is 1. The van der Waals surface area contributed by atoms with E-state index in [1.54, 1.807) is 23.1 Å². The molecule has 1 aromatic rings. The lowest BCUT2D eigenvalue weighted by atomic mass is 9.94. The van der Waals surface area contributed by atoms with Gasteiger partial charge in [-0.1, -0.05) is 6.07 Å². The molecule has 2 unspecified atom stereocenters. The third kappa shape index (κ3) is 3.00. The number of hydrogen-bond acceptors (Lipinski definition) is 4. The van der Waals surface area contributed by atoms with Crippen LogP contribution in [0, 0.1) is 5.92 Å². The largest absolute Gasteiger partial charge is 0.378 e. The second-order valence-corrected chi connectivity index (χ2v) is 7.95. The van der Waals surface area contributed by atoms with E-state index in [0.717, 1.165) is 24.8 Å². The second kappa shape index (κ2) is 6.22. The minimum atomic E-state index is -3.52. The Morgan fingerprint density at radius 3 is 2.87 bits per heavy atom. The molecule has 2 aliphatic heterocycles. The van der Waals surface area contributed by atoms with E-state index >= 15 is 0 Å². The summed E-state index contributed by atoms with van der Waals surface area (Å²) in [7, 11) is -2.14. The fraction of sp³-hybridized carbons (Fsp3) is 0.562. The maximum Gasteiger partial charge on any atom is 0.240 e. The molecule has 0 aliphatic carbocycles. The average Bonchev–Trinajstić information content (AvgIpc) is 2.97. The Labute approximate surface area is 136 Å². The molecule has 0 radical (unpaired) electrons. The smallest absolute Gasteiger partial charge is 0.240 e. The lowest BCUT2D eigenvalue weighted by Crippen LogP contribution is -2.42. The first-order valence-corrected chi connectivity index (χ1v) is 9.42. The van der Waals surface area contributed by atoms with Crippen molar-refractivity contribution in [2.45, 2.75) is 37.2 Å². The van der Waals surface area contributed by atoms with Gasteiger partial charge in [0.05, 0.1) is 16.9 Å². The van der Waals surface area contributed by atoms with Gasteiger partial charge in [-0.2, -0.15) is 0 Å². The van der Waals surface area contributed by atoms with Crippen LogP contribution in [0.25, 0.3) is 0 Å². The molecule has 1 aromatic carbocycles. The van der Waals surface area contributed by atoms with Gasteiger partial charge in [-0.05, 0) is 50.9 Å². The molecule has 7 heteroatoms. The maximum atomic E-state index is 12.9. The number of hydrogen-bond donors (Lipinski definition) is 1. The van der Waals surface area contributed by atoms with Crippen LogP contribution >= 0.6 is 0 Å². The number of carbonyl (C=O) groups excluding carboxylic acids is 1. The van der Waals surface area contributed by atoms with E-state index in [2.05, 4.69) is 4.72 Å². The van der Waals surface area contributed by atoms with Gasteiger partial charge in [0.15, 0.2) is 0 Å². The number of carbonyl (C=O) groups is 1. The first-order chi connectivity index (χ1) is 10.9. The normalized spacial score (nSPS) is 24.5. The van der Waals surface area contributed by atoms with Crippen molar-refractivity contribution in [3.63, 3.8) is 0 Å². The first kappa shape index (κ1) is 16.4. The molecule has 2 aliphatic rings. The van der Waals surface area contributed by atoms with Crippen LogP contribution in [0.5, 0.6) is 0 Å². The molecule has 0 spiro atoms. The Morgan fingerprint density at radius 2 is 2.17 bits per heavy atom. The van der Waals surface area contributed by atoms with E-state index < -0.39 is 10.0 Å². The molecule has 126 valence electrons. The fourth-order valence-corrected chi connectivity index (χ4v) is 4.07. The van der Waals surface area contributed by atoms with Crippen molar-refractivity contribution in [1.29, 1.82) is 0 Å². The van der Waals surface area contributed by atoms with Crippen LogP contribution in [0.15, 0.2) is 23.1 Å². The summed E-state index contributed by atoms with van der Waals surface area (Å²) in [5.41, 5.74) is 1.72. The highest BCUT2D eigenvalue weighted by atomic mass is 32.2. The summed E-state index contributed by atoms with van der Waals surface area (Å²) in [4.78, 5) is 14.8. The molecule has 0 bridgehead atoms. The summed E-state index contributed by atoms with van der Waals surface area (Å²) in [6, 6.07) is 4.99. The Morgan fingerprint density at radius 1 is 1.39 bits per heavy atom. The summed E-state index contributed by atoms with van der Waals surface area (Å²) >= 11 is 0. The summed E-state index contributed by atoms with van der Waals surface area (Å²) in [5, 5.41) is 0. The van der Waals surface area contributed by atoms with Gasteiger partial charge < -0.3 is 9.64 Å². The zero-order valence-corrected chi connectivity index (χ0v) is 14.2. The van der Waals surface area contributed by atoms with Crippen LogP contribution in [0.4, 0.5) is 5.69 Å². The molecule has 3 rings (SSSR count). The van der Waals surface area contributed by atoms with Crippen LogP contribution in [0.3, 0.4) is 0 Å². The zero-order valence-electron chi connectivity index (χ0n) is 13.4. The Bertz CT molecular complexity index is 717. The van der Waals surface area contributed by atoms with Crippen LogP contribution < -0.4 is 9.62 Å². The summed E-state index contributed by atoms with van der Waals surface area (Å²) in [6.07, 6.45) is 2.36. The van der Waals surface area contributed by atoms with Crippen molar-refractivity contribution >= 4 is 21.6 Å². The van der Waals surface area contributed by atoms with Crippen molar-refractivity contribution in [1.82, 2.24) is 4.72 Å². The second-order valence-electron chi connectivity index (χ2n) is 6.06. The lowest BCUT2D eigenvalue weighted by Gasteiger charge is -2.31. The van der Waals surface area contributed by atoms with Gasteiger partial charge in [0.25, 0.3) is 0 Å². The van der Waals surface area contributed by atoms with Gasteiger partial charge >= 0.3 is 0 Å². The number of nitrogens with one attached hydrogen (secondary N) is 1. The van der Waals surface area contributed by atoms with Gasteiger partial charge in [-0.15, -0.1) is 0 Å². The fourth-order valence-electron chi connectivity index (χ4n) is 3.32. The number of sulfonamides is 1. The molecule has 1 amide bonds. The quantitative estimate of drug-likeness (QED) is 0.901. The molecule has 1 fully saturated rings. The van der Waals surface area contributed by atoms with Crippen molar-refractivity contribution in [2.75, 3.05) is 25.1 Å². The lowest BCUT2D eigenvalue weighted by molar-refractivity contribution is -0.130. The Kier molecular flexibility index (Phi) is 4.44. The minimum Gasteiger partial charge on any atom is -0.378 e. The van der Waals surface area contributed by atoms with Gasteiger partial charge in [0.1, 0.15) is 0 Å². The molecular formula is C16H22N2O4S. The highest BCUT2D eigenvalue weighted by molar-refractivity contribution is 7.89. The molecule has 0 saturated carbocycles. The molecule has 0 aromatic heterocycles. The predicted octanol–water partition coefficient (Wildman–Crippen LogP) is 1.30. The van der Waals surface area contributed by atoms with Crippen molar-refractivity contribution < 1.29 is 17.9 Å². The van der Waals surface area contributed by atoms with Gasteiger partial charge in [0, 0.05) is 18.8 Å². The molecule has 2 heterocycles. The number of anilines is 1. The van der Waals surface area contributed by atoms with Gasteiger partial charge in [-0.3, -0.25) is 4.79 Å². The van der Waals surface area contributed by atoms with Crippen LogP contribution in [0.1, 0.15) is 25.3 Å². The summed E-state index contributed by atoms with van der Waals surface area (Å²) in [6.45, 7) is 3.23. The van der Waals surface area contributed by atoms with E-state index in [0.29, 0.717) is 18.8 Å². The van der Waals surface area contributed by atoms with Crippen LogP contribution in [0.2, 0.25) is 0 Å². The summed E-state index contributed by atoms with van der Waals surface area (Å²) in [5.74, 6) is -0.116. The molecule has 2 atom stereocenters. The van der Waals surface area contributed by atoms with E-state index in [9.17, 15) is 13.2 Å². The minimum absolute atomic E-state index is 0.0370. The number of nitrogens with zero attached hydrogens (tertiary/aromatic N) is 1. The monoisotopic (exact) mass is 338 g/mol. The number of amides is 1. The number of benzene rings is 1. The Balaban J connectivity index is 1.91. The van der Waals surface area contributed by atoms with Crippen molar-refractivity contribution in [3.8, 4) is 0 Å². The van der Waals surface area contributed by atoms with Gasteiger partial charge in [0.2, 0.25) is 15.9 Å². The zero-order chi connectivity index (χ0) is 16.6. The highest BCUT2D eigenvalue weighted by Crippen LogP contribution is 2.33. The van der Waals surface area contributed by atoms with Crippen LogP contribution in [-0.2, 0) is 26.0 Å². The van der Waals surface area contributed by atoms with E-state index in [4.69, 9.17) is 4.74 Å². The van der Waals surface area contributed by atoms with E-state index in [-0.39, 0.29) is 22.8 Å². The van der Waals surface area contributed by atoms with E-state index in [1.807, 2.05) is 6.92 Å². The molecule has 1 saturated heterocycles. The van der Waals surface area contributed by atoms with Crippen LogP contribution in [-0.4, -0.2) is 40.6 Å². The number of rotatable bonds is 3. The third-order valence-corrected chi connectivity index (χ3v) is 6.13. The highest BCUT2D eigenvalue weighted by Gasteiger charge is 2.35. The average molecular weight is 338 g/mol. The first-order valence-electron chi connectivity index (χ1n) is 7.93.